The van der Waals surface area contributed by atoms with E-state index in [9.17, 15) is 0 Å². The SMILES string of the molecule is CCCNCC(Cc1cccc(OC)c1)CC(C)OC. The molecular formula is C17H29NO2. The van der Waals surface area contributed by atoms with E-state index in [0.29, 0.717) is 12.0 Å². The Morgan fingerprint density at radius 3 is 2.70 bits per heavy atom. The maximum Gasteiger partial charge on any atom is 0.119 e. The maximum absolute atomic E-state index is 5.42. The third kappa shape index (κ3) is 6.40. The second-order valence-corrected chi connectivity index (χ2v) is 5.41. The maximum atomic E-state index is 5.42. The first-order chi connectivity index (χ1) is 9.69. The fraction of sp³-hybridized carbons (Fsp3) is 0.647. The molecule has 0 saturated carbocycles. The molecule has 0 radical (unpaired) electrons. The van der Waals surface area contributed by atoms with Crippen LogP contribution in [0.1, 0.15) is 32.3 Å². The van der Waals surface area contributed by atoms with Crippen LogP contribution < -0.4 is 10.1 Å². The van der Waals surface area contributed by atoms with Crippen LogP contribution in [0.25, 0.3) is 0 Å². The molecule has 0 spiro atoms. The standard InChI is InChI=1S/C17H29NO2/c1-5-9-18-13-16(10-14(2)19-3)11-15-7-6-8-17(12-15)20-4/h6-8,12,14,16,18H,5,9-11,13H2,1-4H3. The lowest BCUT2D eigenvalue weighted by molar-refractivity contribution is 0.0946. The van der Waals surface area contributed by atoms with E-state index in [2.05, 4.69) is 37.4 Å². The molecule has 2 atom stereocenters. The van der Waals surface area contributed by atoms with Crippen LogP contribution in [0, 0.1) is 5.92 Å². The first kappa shape index (κ1) is 17.0. The quantitative estimate of drug-likeness (QED) is 0.667. The van der Waals surface area contributed by atoms with Crippen LogP contribution in [0.3, 0.4) is 0 Å². The first-order valence-electron chi connectivity index (χ1n) is 7.56. The Morgan fingerprint density at radius 2 is 2.05 bits per heavy atom. The Balaban J connectivity index is 2.61. The number of nitrogens with one attached hydrogen (secondary N) is 1. The van der Waals surface area contributed by atoms with Gasteiger partial charge in [0.25, 0.3) is 0 Å². The van der Waals surface area contributed by atoms with Crippen molar-refractivity contribution in [3.05, 3.63) is 29.8 Å². The molecule has 0 aliphatic carbocycles. The average molecular weight is 279 g/mol. The van der Waals surface area contributed by atoms with Gasteiger partial charge in [0.05, 0.1) is 13.2 Å². The van der Waals surface area contributed by atoms with Crippen molar-refractivity contribution in [3.63, 3.8) is 0 Å². The number of ether oxygens (including phenoxy) is 2. The minimum Gasteiger partial charge on any atom is -0.497 e. The molecule has 0 aromatic heterocycles. The fourth-order valence-corrected chi connectivity index (χ4v) is 2.42. The third-order valence-electron chi connectivity index (χ3n) is 3.59. The molecule has 0 aliphatic rings. The molecule has 0 heterocycles. The first-order valence-corrected chi connectivity index (χ1v) is 7.56. The highest BCUT2D eigenvalue weighted by Crippen LogP contribution is 2.19. The Bertz CT molecular complexity index is 368. The Hall–Kier alpha value is -1.06. The number of hydrogen-bond acceptors (Lipinski definition) is 3. The Labute approximate surface area is 123 Å². The lowest BCUT2D eigenvalue weighted by Crippen LogP contribution is -2.27. The molecule has 1 aromatic rings. The third-order valence-corrected chi connectivity index (χ3v) is 3.59. The highest BCUT2D eigenvalue weighted by molar-refractivity contribution is 5.28. The summed E-state index contributed by atoms with van der Waals surface area (Å²) in [5, 5.41) is 3.53. The minimum absolute atomic E-state index is 0.300. The van der Waals surface area contributed by atoms with E-state index < -0.39 is 0 Å². The van der Waals surface area contributed by atoms with Crippen molar-refractivity contribution < 1.29 is 9.47 Å². The topological polar surface area (TPSA) is 30.5 Å². The molecule has 3 nitrogen and oxygen atoms in total. The fourth-order valence-electron chi connectivity index (χ4n) is 2.42. The highest BCUT2D eigenvalue weighted by Gasteiger charge is 2.14. The normalized spacial score (nSPS) is 14.0. The second kappa shape index (κ2) is 9.78. The van der Waals surface area contributed by atoms with Crippen molar-refractivity contribution in [2.45, 2.75) is 39.2 Å². The van der Waals surface area contributed by atoms with Crippen LogP contribution in [-0.2, 0) is 11.2 Å². The zero-order chi connectivity index (χ0) is 14.8. The van der Waals surface area contributed by atoms with Crippen molar-refractivity contribution in [1.82, 2.24) is 5.32 Å². The van der Waals surface area contributed by atoms with Gasteiger partial charge in [0.15, 0.2) is 0 Å². The molecule has 0 fully saturated rings. The molecule has 0 bridgehead atoms. The molecule has 1 aromatic carbocycles. The summed E-state index contributed by atoms with van der Waals surface area (Å²) < 4.78 is 10.7. The number of methoxy groups -OCH3 is 2. The van der Waals surface area contributed by atoms with Crippen molar-refractivity contribution in [1.29, 1.82) is 0 Å². The van der Waals surface area contributed by atoms with Gasteiger partial charge in [0.1, 0.15) is 5.75 Å². The lowest BCUT2D eigenvalue weighted by Gasteiger charge is -2.21. The number of hydrogen-bond donors (Lipinski definition) is 1. The summed E-state index contributed by atoms with van der Waals surface area (Å²) in [7, 11) is 3.50. The minimum atomic E-state index is 0.300. The van der Waals surface area contributed by atoms with E-state index in [4.69, 9.17) is 9.47 Å². The van der Waals surface area contributed by atoms with Gasteiger partial charge in [-0.1, -0.05) is 19.1 Å². The van der Waals surface area contributed by atoms with Gasteiger partial charge in [-0.05, 0) is 62.9 Å². The van der Waals surface area contributed by atoms with Gasteiger partial charge in [0.2, 0.25) is 0 Å². The van der Waals surface area contributed by atoms with Crippen molar-refractivity contribution in [2.24, 2.45) is 5.92 Å². The average Bonchev–Trinajstić information content (AvgIpc) is 2.47. The van der Waals surface area contributed by atoms with Gasteiger partial charge in [-0.15, -0.1) is 0 Å². The zero-order valence-corrected chi connectivity index (χ0v) is 13.3. The van der Waals surface area contributed by atoms with Crippen LogP contribution in [0.2, 0.25) is 0 Å². The number of rotatable bonds is 10. The largest absolute Gasteiger partial charge is 0.497 e. The van der Waals surface area contributed by atoms with Gasteiger partial charge in [-0.2, -0.15) is 0 Å². The summed E-state index contributed by atoms with van der Waals surface area (Å²) in [6.45, 7) is 6.45. The van der Waals surface area contributed by atoms with E-state index in [-0.39, 0.29) is 0 Å². The second-order valence-electron chi connectivity index (χ2n) is 5.41. The summed E-state index contributed by atoms with van der Waals surface area (Å²) in [5.41, 5.74) is 1.33. The molecular weight excluding hydrogens is 250 g/mol. The summed E-state index contributed by atoms with van der Waals surface area (Å²) in [4.78, 5) is 0. The Kier molecular flexibility index (Phi) is 8.31. The van der Waals surface area contributed by atoms with Gasteiger partial charge >= 0.3 is 0 Å². The van der Waals surface area contributed by atoms with Crippen molar-refractivity contribution in [2.75, 3.05) is 27.3 Å². The van der Waals surface area contributed by atoms with Crippen LogP contribution in [-0.4, -0.2) is 33.4 Å². The lowest BCUT2D eigenvalue weighted by atomic mass is 9.93. The zero-order valence-electron chi connectivity index (χ0n) is 13.3. The van der Waals surface area contributed by atoms with Crippen LogP contribution >= 0.6 is 0 Å². The Morgan fingerprint density at radius 1 is 1.25 bits per heavy atom. The van der Waals surface area contributed by atoms with Gasteiger partial charge in [-0.25, -0.2) is 0 Å². The predicted octanol–water partition coefficient (Wildman–Crippen LogP) is 3.28. The number of benzene rings is 1. The van der Waals surface area contributed by atoms with E-state index in [1.807, 2.05) is 6.07 Å². The van der Waals surface area contributed by atoms with Crippen molar-refractivity contribution in [3.8, 4) is 5.75 Å². The summed E-state index contributed by atoms with van der Waals surface area (Å²) in [5.74, 6) is 1.52. The molecule has 20 heavy (non-hydrogen) atoms. The summed E-state index contributed by atoms with van der Waals surface area (Å²) >= 11 is 0. The summed E-state index contributed by atoms with van der Waals surface area (Å²) in [6, 6.07) is 8.35. The molecule has 0 aliphatic heterocycles. The monoisotopic (exact) mass is 279 g/mol. The molecule has 1 rings (SSSR count). The van der Waals surface area contributed by atoms with E-state index in [1.165, 1.54) is 12.0 Å². The molecule has 0 saturated heterocycles. The highest BCUT2D eigenvalue weighted by atomic mass is 16.5. The van der Waals surface area contributed by atoms with Crippen molar-refractivity contribution >= 4 is 0 Å². The molecule has 0 amide bonds. The predicted molar refractivity (Wildman–Crippen MR) is 84.4 cm³/mol. The van der Waals surface area contributed by atoms with E-state index in [0.717, 1.165) is 31.7 Å². The van der Waals surface area contributed by atoms with E-state index in [1.54, 1.807) is 14.2 Å². The van der Waals surface area contributed by atoms with Crippen LogP contribution in [0.5, 0.6) is 5.75 Å². The molecule has 1 N–H and O–H groups in total. The van der Waals surface area contributed by atoms with E-state index >= 15 is 0 Å². The van der Waals surface area contributed by atoms with Gasteiger partial charge < -0.3 is 14.8 Å². The smallest absolute Gasteiger partial charge is 0.119 e. The summed E-state index contributed by atoms with van der Waals surface area (Å²) in [6.07, 6.45) is 3.60. The molecule has 3 heteroatoms. The van der Waals surface area contributed by atoms with Crippen LogP contribution in [0.4, 0.5) is 0 Å². The van der Waals surface area contributed by atoms with Crippen LogP contribution in [0.15, 0.2) is 24.3 Å². The van der Waals surface area contributed by atoms with Gasteiger partial charge in [0, 0.05) is 7.11 Å². The molecule has 114 valence electrons. The molecule has 2 unspecified atom stereocenters. The van der Waals surface area contributed by atoms with Gasteiger partial charge in [-0.3, -0.25) is 0 Å².